The van der Waals surface area contributed by atoms with Gasteiger partial charge in [-0.05, 0) is 199 Å². The number of anilines is 6. The van der Waals surface area contributed by atoms with Gasteiger partial charge < -0.3 is 14.4 Å². The standard InChI is InChI=1S/C106H88BN3S/c1-103(2,3)74-47-50-81-94(63-74)111-102-101(81)110(100-85(69-39-27-17-28-40-69)59-76(105(7,8)9)60-86(100)70-41-29-18-30-42-70)93-62-77(106(10,11)12)61-92-97(93)107(102)89-53-48-78(64-91(89)109(92)99-83(67-35-23-15-24-36-67)57-75(104(4,5)6)58-84(99)68-37-25-16-26-38-68)108-90-54-46-72(65-31-19-13-20-32-65)55-87(90)88-56-73-44-43-71-45-49-79(66-33-21-14-22-34-66)80-51-52-82(98(88)108)96(73)95(71)80/h13-64H,1-12H3/i48D,53D,64D. The van der Waals surface area contributed by atoms with Crippen molar-refractivity contribution in [2.45, 2.75) is 105 Å². The SMILES string of the molecule is [2H]c1c([2H])c(-n2c3ccc(-c4ccccc4)cc3c3cc4ccc5ccc(-c6ccccc6)c6ccc(c4c56)c32)c([2H])c2c1B1c3sc4cc(C(C)(C)C)ccc4c3N(c3c(-c4ccccc4)cc(C(C)(C)C)cc3-c3ccccc3)c3cc(C(C)(C)C)cc(c31)N2c1c(-c2ccccc2)cc(C(C)(C)C)cc1-c1ccccc1. The maximum Gasteiger partial charge on any atom is 0.264 e. The van der Waals surface area contributed by atoms with Crippen molar-refractivity contribution in [2.75, 3.05) is 9.80 Å². The van der Waals surface area contributed by atoms with Crippen LogP contribution in [0.25, 0.3) is 137 Å². The van der Waals surface area contributed by atoms with E-state index in [1.54, 1.807) is 0 Å². The first-order valence-electron chi connectivity index (χ1n) is 40.8. The summed E-state index contributed by atoms with van der Waals surface area (Å²) in [5.74, 6) is 0. The lowest BCUT2D eigenvalue weighted by Gasteiger charge is -2.46. The van der Waals surface area contributed by atoms with Gasteiger partial charge in [0.2, 0.25) is 0 Å². The molecule has 536 valence electrons. The molecule has 0 radical (unpaired) electrons. The molecule has 18 aromatic rings. The predicted molar refractivity (Wildman–Crippen MR) is 481 cm³/mol. The molecule has 0 bridgehead atoms. The Bertz CT molecular complexity index is 6840. The van der Waals surface area contributed by atoms with Crippen molar-refractivity contribution >= 4 is 132 Å². The maximum atomic E-state index is 12.2. The number of hydrogen-bond donors (Lipinski definition) is 0. The molecule has 5 heteroatoms. The number of benzene rings is 16. The van der Waals surface area contributed by atoms with Crippen LogP contribution in [-0.2, 0) is 21.7 Å². The van der Waals surface area contributed by atoms with Gasteiger partial charge in [0.15, 0.2) is 0 Å². The van der Waals surface area contributed by atoms with E-state index < -0.39 is 12.1 Å². The minimum Gasteiger partial charge on any atom is -0.310 e. The Morgan fingerprint density at radius 1 is 0.315 bits per heavy atom. The van der Waals surface area contributed by atoms with Gasteiger partial charge in [-0.25, -0.2) is 0 Å². The normalized spacial score (nSPS) is 13.5. The molecule has 0 fully saturated rings. The minimum atomic E-state index is -0.654. The predicted octanol–water partition coefficient (Wildman–Crippen LogP) is 28.2. The van der Waals surface area contributed by atoms with Crippen molar-refractivity contribution in [1.29, 1.82) is 0 Å². The average molecular weight is 1450 g/mol. The fourth-order valence-corrected chi connectivity index (χ4v) is 19.3. The molecule has 20 rings (SSSR count). The molecular formula is C106H88BN3S. The van der Waals surface area contributed by atoms with E-state index in [4.69, 9.17) is 0 Å². The van der Waals surface area contributed by atoms with Crippen LogP contribution in [0.1, 0.15) is 109 Å². The Morgan fingerprint density at radius 3 is 1.28 bits per heavy atom. The van der Waals surface area contributed by atoms with Crippen molar-refractivity contribution < 1.29 is 4.11 Å². The van der Waals surface area contributed by atoms with E-state index in [0.29, 0.717) is 16.8 Å². The topological polar surface area (TPSA) is 11.4 Å². The lowest BCUT2D eigenvalue weighted by molar-refractivity contribution is 0.590. The first kappa shape index (κ1) is 64.9. The first-order chi connectivity index (χ1) is 54.9. The van der Waals surface area contributed by atoms with Crippen LogP contribution in [0.5, 0.6) is 0 Å². The molecule has 4 heterocycles. The molecule has 3 nitrogen and oxygen atoms in total. The molecule has 16 aromatic carbocycles. The summed E-state index contributed by atoms with van der Waals surface area (Å²) in [5.41, 5.74) is 25.7. The average Bonchev–Trinajstić information content (AvgIpc) is 1.28. The van der Waals surface area contributed by atoms with E-state index in [2.05, 4.69) is 395 Å². The third-order valence-corrected chi connectivity index (χ3v) is 25.0. The van der Waals surface area contributed by atoms with E-state index in [1.807, 2.05) is 11.3 Å². The molecule has 0 atom stereocenters. The third kappa shape index (κ3) is 11.0. The van der Waals surface area contributed by atoms with E-state index in [-0.39, 0.29) is 34.4 Å². The summed E-state index contributed by atoms with van der Waals surface area (Å²) in [6, 6.07) is 110. The Morgan fingerprint density at radius 2 is 0.757 bits per heavy atom. The third-order valence-electron chi connectivity index (χ3n) is 23.8. The molecule has 0 saturated carbocycles. The number of hydrogen-bond acceptors (Lipinski definition) is 3. The second-order valence-corrected chi connectivity index (χ2v) is 36.0. The van der Waals surface area contributed by atoms with Crippen molar-refractivity contribution in [3.05, 3.63) is 338 Å². The van der Waals surface area contributed by atoms with Gasteiger partial charge in [0.05, 0.1) is 32.2 Å². The summed E-state index contributed by atoms with van der Waals surface area (Å²) in [4.78, 5) is 5.11. The van der Waals surface area contributed by atoms with Crippen LogP contribution in [0.15, 0.2) is 315 Å². The fraction of sp³-hybridized carbons (Fsp3) is 0.151. The van der Waals surface area contributed by atoms with Gasteiger partial charge in [-0.3, -0.25) is 0 Å². The fourth-order valence-electron chi connectivity index (χ4n) is 18.0. The van der Waals surface area contributed by atoms with Gasteiger partial charge in [0.25, 0.3) is 6.71 Å². The van der Waals surface area contributed by atoms with Crippen LogP contribution in [0.4, 0.5) is 34.1 Å². The number of aromatic nitrogens is 1. The van der Waals surface area contributed by atoms with Gasteiger partial charge >= 0.3 is 0 Å². The second kappa shape index (κ2) is 25.3. The lowest BCUT2D eigenvalue weighted by atomic mass is 9.36. The van der Waals surface area contributed by atoms with E-state index in [0.717, 1.165) is 175 Å². The molecule has 2 aliphatic rings. The summed E-state index contributed by atoms with van der Waals surface area (Å²) in [7, 11) is 0. The van der Waals surface area contributed by atoms with Gasteiger partial charge in [-0.15, -0.1) is 11.3 Å². The highest BCUT2D eigenvalue weighted by atomic mass is 32.1. The van der Waals surface area contributed by atoms with Crippen molar-refractivity contribution in [3.63, 3.8) is 0 Å². The van der Waals surface area contributed by atoms with Crippen LogP contribution in [0, 0.1) is 0 Å². The van der Waals surface area contributed by atoms with Crippen molar-refractivity contribution in [2.24, 2.45) is 0 Å². The monoisotopic (exact) mass is 1450 g/mol. The number of rotatable bonds is 9. The quantitative estimate of drug-likeness (QED) is 0.105. The van der Waals surface area contributed by atoms with Crippen molar-refractivity contribution in [3.8, 4) is 72.4 Å². The van der Waals surface area contributed by atoms with Gasteiger partial charge in [-0.1, -0.05) is 326 Å². The first-order valence-corrected chi connectivity index (χ1v) is 40.1. The van der Waals surface area contributed by atoms with Gasteiger partial charge in [0.1, 0.15) is 0 Å². The molecular weight excluding hydrogens is 1360 g/mol. The Kier molecular flexibility index (Phi) is 14.8. The highest BCUT2D eigenvalue weighted by Gasteiger charge is 2.48. The van der Waals surface area contributed by atoms with Crippen molar-refractivity contribution in [1.82, 2.24) is 4.57 Å². The van der Waals surface area contributed by atoms with Gasteiger partial charge in [-0.2, -0.15) is 0 Å². The summed E-state index contributed by atoms with van der Waals surface area (Å²) >= 11 is 1.81. The Balaban J connectivity index is 0.997. The Hall–Kier alpha value is -12.0. The molecule has 0 N–H and O–H groups in total. The van der Waals surface area contributed by atoms with E-state index in [1.165, 1.54) is 16.5 Å². The maximum absolute atomic E-state index is 12.2. The van der Waals surface area contributed by atoms with Crippen LogP contribution in [0.3, 0.4) is 0 Å². The molecule has 0 unspecified atom stereocenters. The van der Waals surface area contributed by atoms with Crippen LogP contribution >= 0.6 is 11.3 Å². The zero-order valence-electron chi connectivity index (χ0n) is 68.1. The van der Waals surface area contributed by atoms with Crippen LogP contribution in [-0.4, -0.2) is 11.3 Å². The number of thiophene rings is 1. The molecule has 2 aliphatic heterocycles. The zero-order valence-corrected chi connectivity index (χ0v) is 65.9. The summed E-state index contributed by atoms with van der Waals surface area (Å²) in [6.07, 6.45) is 0. The molecule has 0 saturated heterocycles. The van der Waals surface area contributed by atoms with Crippen LogP contribution < -0.4 is 25.5 Å². The lowest BCUT2D eigenvalue weighted by Crippen LogP contribution is -2.60. The van der Waals surface area contributed by atoms with Crippen LogP contribution in [0.2, 0.25) is 0 Å². The molecule has 111 heavy (non-hydrogen) atoms. The van der Waals surface area contributed by atoms with Gasteiger partial charge in [0, 0.05) is 76.0 Å². The largest absolute Gasteiger partial charge is 0.310 e. The molecule has 0 aliphatic carbocycles. The number of nitrogens with zero attached hydrogens (tertiary/aromatic N) is 3. The highest BCUT2D eigenvalue weighted by Crippen LogP contribution is 2.58. The summed E-state index contributed by atoms with van der Waals surface area (Å²) < 4.78 is 40.0. The van der Waals surface area contributed by atoms with E-state index in [9.17, 15) is 4.11 Å². The summed E-state index contributed by atoms with van der Waals surface area (Å²) in [6.45, 7) is 27.2. The molecule has 0 spiro atoms. The Labute approximate surface area is 661 Å². The van der Waals surface area contributed by atoms with E-state index >= 15 is 0 Å². The summed E-state index contributed by atoms with van der Waals surface area (Å²) in [5, 5.41) is 9.84. The number of fused-ring (bicyclic) bond motifs is 10. The molecule has 2 aromatic heterocycles. The molecule has 0 amide bonds. The highest BCUT2D eigenvalue weighted by molar-refractivity contribution is 7.33. The second-order valence-electron chi connectivity index (χ2n) is 35.0. The minimum absolute atomic E-state index is 0.0109. The zero-order chi connectivity index (χ0) is 78.3. The smallest absolute Gasteiger partial charge is 0.264 e.